The van der Waals surface area contributed by atoms with Gasteiger partial charge in [0.2, 0.25) is 0 Å². The fraction of sp³-hybridized carbons (Fsp3) is 0.364. The van der Waals surface area contributed by atoms with Crippen LogP contribution in [0, 0.1) is 6.92 Å². The van der Waals surface area contributed by atoms with Gasteiger partial charge in [0.25, 0.3) is 0 Å². The van der Waals surface area contributed by atoms with Crippen molar-refractivity contribution < 1.29 is 61.3 Å². The van der Waals surface area contributed by atoms with Crippen LogP contribution in [0.5, 0.6) is 0 Å². The molecule has 0 N–H and O–H groups in total. The summed E-state index contributed by atoms with van der Waals surface area (Å²) in [7, 11) is 1.74. The van der Waals surface area contributed by atoms with Gasteiger partial charge in [-0.25, -0.2) is 0 Å². The molecule has 3 nitrogen and oxygen atoms in total. The second-order valence-corrected chi connectivity index (χ2v) is 3.44. The molecule has 0 aliphatic carbocycles. The molecule has 76 valence electrons. The van der Waals surface area contributed by atoms with Crippen molar-refractivity contribution in [2.75, 3.05) is 11.9 Å². The average molecular weight is 231 g/mol. The van der Waals surface area contributed by atoms with Gasteiger partial charge in [0, 0.05) is 12.7 Å². The van der Waals surface area contributed by atoms with Gasteiger partial charge in [-0.15, -0.1) is 0 Å². The van der Waals surface area contributed by atoms with Crippen LogP contribution in [0.15, 0.2) is 24.3 Å². The molecule has 0 fully saturated rings. The van der Waals surface area contributed by atoms with E-state index in [1.165, 1.54) is 0 Å². The molecule has 0 spiro atoms. The van der Waals surface area contributed by atoms with Crippen LogP contribution >= 0.6 is 0 Å². The van der Waals surface area contributed by atoms with Crippen molar-refractivity contribution in [1.29, 1.82) is 0 Å². The number of carboxylic acids is 1. The van der Waals surface area contributed by atoms with Crippen LogP contribution in [0.3, 0.4) is 0 Å². The topological polar surface area (TPSA) is 43.4 Å². The van der Waals surface area contributed by atoms with Gasteiger partial charge in [-0.1, -0.05) is 17.7 Å². The van der Waals surface area contributed by atoms with Crippen LogP contribution in [0.4, 0.5) is 5.69 Å². The summed E-state index contributed by atoms with van der Waals surface area (Å²) >= 11 is 0. The Morgan fingerprint density at radius 1 is 1.33 bits per heavy atom. The Kier molecular flexibility index (Phi) is 6.71. The van der Waals surface area contributed by atoms with Gasteiger partial charge in [-0.2, -0.15) is 0 Å². The first-order chi connectivity index (χ1) is 6.52. The van der Waals surface area contributed by atoms with E-state index in [0.29, 0.717) is 0 Å². The summed E-state index contributed by atoms with van der Waals surface area (Å²) in [6.45, 7) is 3.60. The number of carboxylic acid groups (broad SMARTS) is 1. The van der Waals surface area contributed by atoms with E-state index < -0.39 is 12.0 Å². The number of carbonyl (C=O) groups is 1. The van der Waals surface area contributed by atoms with Crippen LogP contribution in [-0.2, 0) is 4.79 Å². The molecule has 0 aromatic heterocycles. The number of hydrogen-bond acceptors (Lipinski definition) is 3. The maximum Gasteiger partial charge on any atom is 1.00 e. The molecule has 1 rings (SSSR count). The van der Waals surface area contributed by atoms with Crippen molar-refractivity contribution in [2.45, 2.75) is 19.9 Å². The van der Waals surface area contributed by atoms with E-state index in [-0.39, 0.29) is 51.4 Å². The van der Waals surface area contributed by atoms with E-state index in [1.54, 1.807) is 18.9 Å². The zero-order valence-corrected chi connectivity index (χ0v) is 12.8. The zero-order valence-electron chi connectivity index (χ0n) is 9.65. The molecule has 0 saturated carbocycles. The molecule has 0 bridgehead atoms. The quantitative estimate of drug-likeness (QED) is 0.544. The number of rotatable bonds is 3. The van der Waals surface area contributed by atoms with Gasteiger partial charge in [0.1, 0.15) is 0 Å². The molecule has 1 atom stereocenters. The van der Waals surface area contributed by atoms with E-state index in [9.17, 15) is 9.90 Å². The molecule has 0 amide bonds. The number of carbonyl (C=O) groups excluding carboxylic acids is 1. The summed E-state index contributed by atoms with van der Waals surface area (Å²) in [6.07, 6.45) is 0. The molecule has 1 aromatic rings. The van der Waals surface area contributed by atoms with Crippen LogP contribution in [0.2, 0.25) is 0 Å². The minimum atomic E-state index is -1.06. The van der Waals surface area contributed by atoms with Crippen LogP contribution in [0.1, 0.15) is 12.5 Å². The Bertz CT molecular complexity index is 324. The molecular weight excluding hydrogens is 217 g/mol. The monoisotopic (exact) mass is 231 g/mol. The number of likely N-dealkylation sites (N-methyl/N-ethyl adjacent to an activating group) is 1. The largest absolute Gasteiger partial charge is 1.00 e. The summed E-state index contributed by atoms with van der Waals surface area (Å²) in [5.41, 5.74) is 2.04. The first kappa shape index (κ1) is 15.1. The van der Waals surface area contributed by atoms with Crippen molar-refractivity contribution in [3.05, 3.63) is 29.8 Å². The van der Waals surface area contributed by atoms with Gasteiger partial charge < -0.3 is 14.8 Å². The van der Waals surface area contributed by atoms with E-state index in [2.05, 4.69) is 0 Å². The number of anilines is 1. The van der Waals surface area contributed by atoms with Gasteiger partial charge in [0.05, 0.1) is 12.0 Å². The third-order valence-corrected chi connectivity index (χ3v) is 2.36. The minimum Gasteiger partial charge on any atom is -0.548 e. The number of aryl methyl sites for hydroxylation is 1. The van der Waals surface area contributed by atoms with Crippen molar-refractivity contribution in [2.24, 2.45) is 0 Å². The van der Waals surface area contributed by atoms with Crippen molar-refractivity contribution in [3.63, 3.8) is 0 Å². The Labute approximate surface area is 133 Å². The van der Waals surface area contributed by atoms with Gasteiger partial charge >= 0.3 is 51.4 Å². The molecule has 4 heteroatoms. The SMILES string of the molecule is Cc1ccc(N(C)C(C)C(=O)[O-])cc1.[K+]. The van der Waals surface area contributed by atoms with Crippen molar-refractivity contribution >= 4 is 11.7 Å². The summed E-state index contributed by atoms with van der Waals surface area (Å²) < 4.78 is 0. The molecule has 1 aromatic carbocycles. The van der Waals surface area contributed by atoms with Crippen LogP contribution in [0.25, 0.3) is 0 Å². The minimum absolute atomic E-state index is 0. The number of benzene rings is 1. The third-order valence-electron chi connectivity index (χ3n) is 2.36. The molecular formula is C11H14KNO2. The fourth-order valence-electron chi connectivity index (χ4n) is 1.16. The van der Waals surface area contributed by atoms with Crippen molar-refractivity contribution in [1.82, 2.24) is 0 Å². The molecule has 0 radical (unpaired) electrons. The Hall–Kier alpha value is 0.126. The smallest absolute Gasteiger partial charge is 0.548 e. The first-order valence-corrected chi connectivity index (χ1v) is 4.52. The maximum absolute atomic E-state index is 10.6. The Morgan fingerprint density at radius 3 is 2.20 bits per heavy atom. The normalized spacial score (nSPS) is 11.4. The van der Waals surface area contributed by atoms with E-state index in [4.69, 9.17) is 0 Å². The Morgan fingerprint density at radius 2 is 1.80 bits per heavy atom. The van der Waals surface area contributed by atoms with Gasteiger partial charge in [-0.3, -0.25) is 0 Å². The fourth-order valence-corrected chi connectivity index (χ4v) is 1.16. The molecule has 1 unspecified atom stereocenters. The van der Waals surface area contributed by atoms with E-state index in [1.807, 2.05) is 31.2 Å². The summed E-state index contributed by atoms with van der Waals surface area (Å²) in [5.74, 6) is -1.06. The predicted molar refractivity (Wildman–Crippen MR) is 54.1 cm³/mol. The predicted octanol–water partition coefficient (Wildman–Crippen LogP) is -2.43. The average Bonchev–Trinajstić information content (AvgIpc) is 2.16. The summed E-state index contributed by atoms with van der Waals surface area (Å²) in [4.78, 5) is 12.3. The van der Waals surface area contributed by atoms with E-state index in [0.717, 1.165) is 11.3 Å². The molecule has 0 aliphatic rings. The van der Waals surface area contributed by atoms with Crippen LogP contribution in [-0.4, -0.2) is 19.1 Å². The number of nitrogens with zero attached hydrogens (tertiary/aromatic N) is 1. The Balaban J connectivity index is 0.00000196. The third kappa shape index (κ3) is 4.24. The van der Waals surface area contributed by atoms with Gasteiger partial charge in [-0.05, 0) is 26.0 Å². The van der Waals surface area contributed by atoms with Gasteiger partial charge in [0.15, 0.2) is 0 Å². The second kappa shape index (κ2) is 6.65. The zero-order chi connectivity index (χ0) is 10.7. The molecule has 15 heavy (non-hydrogen) atoms. The summed E-state index contributed by atoms with van der Waals surface area (Å²) in [5, 5.41) is 10.6. The molecule has 0 saturated heterocycles. The standard InChI is InChI=1S/C11H15NO2.K/c1-8-4-6-10(7-5-8)12(3)9(2)11(13)14;/h4-7,9H,1-3H3,(H,13,14);/q;+1/p-1. The number of hydrogen-bond donors (Lipinski definition) is 0. The first-order valence-electron chi connectivity index (χ1n) is 4.52. The van der Waals surface area contributed by atoms with E-state index >= 15 is 0 Å². The number of aliphatic carboxylic acids is 1. The second-order valence-electron chi connectivity index (χ2n) is 3.44. The summed E-state index contributed by atoms with van der Waals surface area (Å²) in [6, 6.07) is 7.09. The van der Waals surface area contributed by atoms with Crippen LogP contribution < -0.4 is 61.4 Å². The van der Waals surface area contributed by atoms with Crippen molar-refractivity contribution in [3.8, 4) is 0 Å². The molecule has 0 aliphatic heterocycles. The maximum atomic E-state index is 10.6. The molecule has 0 heterocycles.